The van der Waals surface area contributed by atoms with E-state index in [-0.39, 0.29) is 11.8 Å². The summed E-state index contributed by atoms with van der Waals surface area (Å²) in [5.74, 6) is 0.335. The van der Waals surface area contributed by atoms with E-state index < -0.39 is 0 Å². The number of halogens is 2. The topological polar surface area (TPSA) is 53.9 Å². The number of carbonyl (C=O) groups excluding carboxylic acids is 1. The number of rotatable bonds is 3. The molecule has 0 spiro atoms. The monoisotopic (exact) mass is 317 g/mol. The lowest BCUT2D eigenvalue weighted by molar-refractivity contribution is -0.112. The van der Waals surface area contributed by atoms with Crippen LogP contribution in [0.15, 0.2) is 27.3 Å². The van der Waals surface area contributed by atoms with Gasteiger partial charge in [0.1, 0.15) is 0 Å². The number of Topliss-reactive ketones (excluding diaryl/α,β-unsaturated/α-hetero) is 1. The van der Waals surface area contributed by atoms with Crippen LogP contribution in [0.4, 0.5) is 0 Å². The maximum atomic E-state index is 11.7. The predicted octanol–water partition coefficient (Wildman–Crippen LogP) is 1.83. The SMILES string of the molecule is CC(=O)/C(=N\N[C@@H]1CC=C(Cl)C=C1Cl)N1CCOCC1. The minimum atomic E-state index is -0.144. The maximum absolute atomic E-state index is 11.7. The Labute approximate surface area is 128 Å². The molecule has 0 aromatic carbocycles. The second kappa shape index (κ2) is 7.11. The third kappa shape index (κ3) is 3.98. The van der Waals surface area contributed by atoms with Crippen molar-refractivity contribution in [1.82, 2.24) is 10.3 Å². The Morgan fingerprint density at radius 3 is 2.75 bits per heavy atom. The predicted molar refractivity (Wildman–Crippen MR) is 79.9 cm³/mol. The van der Waals surface area contributed by atoms with Crippen LogP contribution in [0.5, 0.6) is 0 Å². The molecule has 1 atom stereocenters. The number of ketones is 1. The number of hydrazone groups is 1. The van der Waals surface area contributed by atoms with Gasteiger partial charge in [0.05, 0.1) is 19.3 Å². The van der Waals surface area contributed by atoms with Gasteiger partial charge in [-0.15, -0.1) is 0 Å². The zero-order valence-corrected chi connectivity index (χ0v) is 12.7. The van der Waals surface area contributed by atoms with Gasteiger partial charge >= 0.3 is 0 Å². The molecule has 0 bridgehead atoms. The van der Waals surface area contributed by atoms with Crippen molar-refractivity contribution in [2.24, 2.45) is 5.10 Å². The van der Waals surface area contributed by atoms with Gasteiger partial charge in [-0.1, -0.05) is 29.3 Å². The van der Waals surface area contributed by atoms with E-state index in [1.165, 1.54) is 6.92 Å². The third-order valence-corrected chi connectivity index (χ3v) is 3.74. The molecule has 0 aromatic heterocycles. The van der Waals surface area contributed by atoms with Crippen LogP contribution < -0.4 is 5.43 Å². The molecule has 1 aliphatic carbocycles. The van der Waals surface area contributed by atoms with Gasteiger partial charge in [-0.3, -0.25) is 10.2 Å². The van der Waals surface area contributed by atoms with E-state index in [9.17, 15) is 4.79 Å². The summed E-state index contributed by atoms with van der Waals surface area (Å²) < 4.78 is 5.27. The van der Waals surface area contributed by atoms with Crippen molar-refractivity contribution in [3.05, 3.63) is 22.2 Å². The van der Waals surface area contributed by atoms with Crippen LogP contribution in [0.25, 0.3) is 0 Å². The Balaban J connectivity index is 2.03. The summed E-state index contributed by atoms with van der Waals surface area (Å²) in [5.41, 5.74) is 2.95. The van der Waals surface area contributed by atoms with Crippen molar-refractivity contribution in [1.29, 1.82) is 0 Å². The highest BCUT2D eigenvalue weighted by Gasteiger charge is 2.20. The highest BCUT2D eigenvalue weighted by molar-refractivity contribution is 6.38. The summed E-state index contributed by atoms with van der Waals surface area (Å²) in [6.07, 6.45) is 4.19. The Hall–Kier alpha value is -1.04. The average Bonchev–Trinajstić information content (AvgIpc) is 2.42. The second-order valence-electron chi connectivity index (χ2n) is 4.63. The summed E-state index contributed by atoms with van der Waals surface area (Å²) in [6.45, 7) is 4.05. The zero-order chi connectivity index (χ0) is 14.5. The first kappa shape index (κ1) is 15.4. The third-order valence-electron chi connectivity index (χ3n) is 3.11. The molecule has 1 fully saturated rings. The van der Waals surface area contributed by atoms with Crippen LogP contribution in [0.3, 0.4) is 0 Å². The number of morpholine rings is 1. The first-order valence-electron chi connectivity index (χ1n) is 6.47. The zero-order valence-electron chi connectivity index (χ0n) is 11.2. The fourth-order valence-corrected chi connectivity index (χ4v) is 2.55. The molecule has 0 aromatic rings. The van der Waals surface area contributed by atoms with Gasteiger partial charge in [-0.2, -0.15) is 5.10 Å². The van der Waals surface area contributed by atoms with Crippen molar-refractivity contribution >= 4 is 34.8 Å². The molecule has 0 unspecified atom stereocenters. The lowest BCUT2D eigenvalue weighted by Gasteiger charge is -2.29. The van der Waals surface area contributed by atoms with Crippen LogP contribution >= 0.6 is 23.2 Å². The second-order valence-corrected chi connectivity index (χ2v) is 5.50. The first-order chi connectivity index (χ1) is 9.58. The quantitative estimate of drug-likeness (QED) is 0.490. The van der Waals surface area contributed by atoms with Gasteiger partial charge in [0.15, 0.2) is 11.6 Å². The minimum Gasteiger partial charge on any atom is -0.378 e. The van der Waals surface area contributed by atoms with E-state index in [1.54, 1.807) is 6.08 Å². The van der Waals surface area contributed by atoms with Crippen LogP contribution in [-0.2, 0) is 9.53 Å². The summed E-state index contributed by atoms with van der Waals surface area (Å²) >= 11 is 12.0. The minimum absolute atomic E-state index is 0.0797. The Kier molecular flexibility index (Phi) is 5.46. The van der Waals surface area contributed by atoms with E-state index in [2.05, 4.69) is 10.5 Å². The molecule has 1 heterocycles. The Morgan fingerprint density at radius 2 is 2.15 bits per heavy atom. The average molecular weight is 318 g/mol. The van der Waals surface area contributed by atoms with Crippen LogP contribution in [-0.4, -0.2) is 48.9 Å². The van der Waals surface area contributed by atoms with E-state index in [0.29, 0.717) is 48.6 Å². The van der Waals surface area contributed by atoms with Gasteiger partial charge in [0.25, 0.3) is 0 Å². The number of nitrogens with zero attached hydrogens (tertiary/aromatic N) is 2. The van der Waals surface area contributed by atoms with Crippen molar-refractivity contribution in [2.45, 2.75) is 19.4 Å². The van der Waals surface area contributed by atoms with E-state index in [1.807, 2.05) is 11.0 Å². The van der Waals surface area contributed by atoms with Gasteiger partial charge in [-0.25, -0.2) is 0 Å². The van der Waals surface area contributed by atoms with Crippen LogP contribution in [0.1, 0.15) is 13.3 Å². The molecule has 1 saturated heterocycles. The summed E-state index contributed by atoms with van der Waals surface area (Å²) in [6, 6.07) is -0.144. The summed E-state index contributed by atoms with van der Waals surface area (Å²) in [5, 5.41) is 5.45. The lowest BCUT2D eigenvalue weighted by Crippen LogP contribution is -2.45. The van der Waals surface area contributed by atoms with Gasteiger partial charge in [-0.05, 0) is 12.5 Å². The molecule has 0 radical (unpaired) electrons. The molecule has 5 nitrogen and oxygen atoms in total. The Morgan fingerprint density at radius 1 is 1.45 bits per heavy atom. The summed E-state index contributed by atoms with van der Waals surface area (Å²) in [7, 11) is 0. The fraction of sp³-hybridized carbons (Fsp3) is 0.538. The standard InChI is InChI=1S/C13H17Cl2N3O2/c1-9(19)13(18-4-6-20-7-5-18)17-16-12-3-2-10(14)8-11(12)15/h2,8,12,16H,3-7H2,1H3/b17-13+/t12-/m1/s1. The van der Waals surface area contributed by atoms with Crippen molar-refractivity contribution in [2.75, 3.05) is 26.3 Å². The molecule has 0 amide bonds. The number of allylic oxidation sites excluding steroid dienone is 2. The molecule has 2 aliphatic rings. The molecule has 2 rings (SSSR count). The van der Waals surface area contributed by atoms with Crippen molar-refractivity contribution in [3.8, 4) is 0 Å². The van der Waals surface area contributed by atoms with Gasteiger partial charge < -0.3 is 9.64 Å². The molecule has 7 heteroatoms. The largest absolute Gasteiger partial charge is 0.378 e. The molecule has 1 N–H and O–H groups in total. The number of hydrogen-bond donors (Lipinski definition) is 1. The molecule has 20 heavy (non-hydrogen) atoms. The van der Waals surface area contributed by atoms with Crippen LogP contribution in [0, 0.1) is 0 Å². The van der Waals surface area contributed by atoms with Gasteiger partial charge in [0.2, 0.25) is 0 Å². The number of ether oxygens (including phenoxy) is 1. The fourth-order valence-electron chi connectivity index (χ4n) is 2.03. The highest BCUT2D eigenvalue weighted by Crippen LogP contribution is 2.23. The first-order valence-corrected chi connectivity index (χ1v) is 7.23. The maximum Gasteiger partial charge on any atom is 0.196 e. The van der Waals surface area contributed by atoms with E-state index in [4.69, 9.17) is 27.9 Å². The molecule has 0 saturated carbocycles. The number of hydrogen-bond acceptors (Lipinski definition) is 4. The lowest BCUT2D eigenvalue weighted by atomic mass is 10.1. The highest BCUT2D eigenvalue weighted by atomic mass is 35.5. The number of nitrogens with one attached hydrogen (secondary N) is 1. The number of amidine groups is 1. The Bertz CT molecular complexity index is 468. The molecular formula is C13H17Cl2N3O2. The van der Waals surface area contributed by atoms with Crippen molar-refractivity contribution < 1.29 is 9.53 Å². The van der Waals surface area contributed by atoms with Crippen molar-refractivity contribution in [3.63, 3.8) is 0 Å². The molecular weight excluding hydrogens is 301 g/mol. The van der Waals surface area contributed by atoms with Gasteiger partial charge in [0, 0.05) is 30.1 Å². The van der Waals surface area contributed by atoms with Crippen LogP contribution in [0.2, 0.25) is 0 Å². The molecule has 110 valence electrons. The smallest absolute Gasteiger partial charge is 0.196 e. The number of carbonyl (C=O) groups is 1. The summed E-state index contributed by atoms with van der Waals surface area (Å²) in [4.78, 5) is 13.6. The normalized spacial score (nSPS) is 24.1. The van der Waals surface area contributed by atoms with E-state index in [0.717, 1.165) is 0 Å². The molecule has 1 aliphatic heterocycles. The van der Waals surface area contributed by atoms with E-state index >= 15 is 0 Å².